The third-order valence-electron chi connectivity index (χ3n) is 5.24. The molecule has 0 fully saturated rings. The van der Waals surface area contributed by atoms with Crippen LogP contribution in [-0.2, 0) is 11.3 Å². The summed E-state index contributed by atoms with van der Waals surface area (Å²) in [6.45, 7) is 10.2. The van der Waals surface area contributed by atoms with Crippen molar-refractivity contribution in [3.8, 4) is 0 Å². The largest absolute Gasteiger partial charge is 0.350 e. The van der Waals surface area contributed by atoms with Gasteiger partial charge < -0.3 is 15.2 Å². The summed E-state index contributed by atoms with van der Waals surface area (Å²) in [6.07, 6.45) is 0.834. The van der Waals surface area contributed by atoms with E-state index in [-0.39, 0.29) is 23.8 Å². The molecule has 0 aliphatic carbocycles. The molecule has 6 heteroatoms. The van der Waals surface area contributed by atoms with Crippen LogP contribution in [0.4, 0.5) is 5.69 Å². The highest BCUT2D eigenvalue weighted by molar-refractivity contribution is 6.08. The maximum atomic E-state index is 13.1. The number of hydrogen-bond acceptors (Lipinski definition) is 3. The summed E-state index contributed by atoms with van der Waals surface area (Å²) in [5.41, 5.74) is 3.70. The highest BCUT2D eigenvalue weighted by atomic mass is 16.2. The molecular formula is C24H30N4O2. The Balaban J connectivity index is 2.12. The van der Waals surface area contributed by atoms with Gasteiger partial charge in [0.25, 0.3) is 5.91 Å². The number of anilines is 1. The zero-order chi connectivity index (χ0) is 21.8. The number of aryl methyl sites for hydroxylation is 1. The molecule has 1 aromatic heterocycles. The van der Waals surface area contributed by atoms with Crippen molar-refractivity contribution in [3.05, 3.63) is 59.4 Å². The number of rotatable bonds is 7. The Kier molecular flexibility index (Phi) is 6.55. The predicted molar refractivity (Wildman–Crippen MR) is 121 cm³/mol. The minimum Gasteiger partial charge on any atom is -0.350 e. The lowest BCUT2D eigenvalue weighted by molar-refractivity contribution is -0.118. The Labute approximate surface area is 177 Å². The van der Waals surface area contributed by atoms with E-state index < -0.39 is 0 Å². The summed E-state index contributed by atoms with van der Waals surface area (Å²) in [6, 6.07) is 13.7. The van der Waals surface area contributed by atoms with Crippen LogP contribution in [0, 0.1) is 12.8 Å². The zero-order valence-corrected chi connectivity index (χ0v) is 18.3. The quantitative estimate of drug-likeness (QED) is 0.606. The van der Waals surface area contributed by atoms with E-state index in [1.165, 1.54) is 0 Å². The first-order valence-electron chi connectivity index (χ1n) is 10.5. The summed E-state index contributed by atoms with van der Waals surface area (Å²) in [4.78, 5) is 30.1. The Hall–Kier alpha value is -3.15. The van der Waals surface area contributed by atoms with Crippen LogP contribution < -0.4 is 10.6 Å². The molecule has 158 valence electrons. The molecule has 2 amide bonds. The van der Waals surface area contributed by atoms with Crippen molar-refractivity contribution in [1.29, 1.82) is 0 Å². The number of hydrogen-bond donors (Lipinski definition) is 2. The minimum absolute atomic E-state index is 0.0491. The van der Waals surface area contributed by atoms with Gasteiger partial charge in [0.15, 0.2) is 0 Å². The van der Waals surface area contributed by atoms with Gasteiger partial charge in [-0.2, -0.15) is 0 Å². The van der Waals surface area contributed by atoms with E-state index in [2.05, 4.69) is 27.3 Å². The van der Waals surface area contributed by atoms with Gasteiger partial charge in [-0.1, -0.05) is 51.1 Å². The molecule has 1 unspecified atom stereocenters. The van der Waals surface area contributed by atoms with Gasteiger partial charge >= 0.3 is 0 Å². The second kappa shape index (κ2) is 9.11. The Morgan fingerprint density at radius 3 is 2.43 bits per heavy atom. The number of benzene rings is 2. The Bertz CT molecular complexity index is 1050. The van der Waals surface area contributed by atoms with Crippen molar-refractivity contribution in [2.45, 2.75) is 53.6 Å². The summed E-state index contributed by atoms with van der Waals surface area (Å²) in [7, 11) is 0. The number of aromatic nitrogens is 2. The molecule has 30 heavy (non-hydrogen) atoms. The molecule has 0 saturated heterocycles. The fourth-order valence-corrected chi connectivity index (χ4v) is 3.28. The average molecular weight is 407 g/mol. The van der Waals surface area contributed by atoms with Crippen molar-refractivity contribution in [1.82, 2.24) is 14.9 Å². The molecule has 1 heterocycles. The second-order valence-corrected chi connectivity index (χ2v) is 8.05. The lowest BCUT2D eigenvalue weighted by Gasteiger charge is -2.16. The van der Waals surface area contributed by atoms with Gasteiger partial charge in [-0.15, -0.1) is 0 Å². The first kappa shape index (κ1) is 21.6. The number of carbonyl (C=O) groups excluding carboxylic acids is 2. The van der Waals surface area contributed by atoms with Gasteiger partial charge in [0.1, 0.15) is 5.82 Å². The van der Waals surface area contributed by atoms with Crippen molar-refractivity contribution in [2.75, 3.05) is 5.32 Å². The minimum atomic E-state index is -0.163. The maximum absolute atomic E-state index is 13.1. The molecule has 3 rings (SSSR count). The smallest absolute Gasteiger partial charge is 0.253 e. The van der Waals surface area contributed by atoms with E-state index >= 15 is 0 Å². The van der Waals surface area contributed by atoms with E-state index in [1.807, 2.05) is 58.9 Å². The topological polar surface area (TPSA) is 76.0 Å². The lowest BCUT2D eigenvalue weighted by Crippen LogP contribution is -2.32. The molecule has 0 aliphatic rings. The van der Waals surface area contributed by atoms with E-state index in [4.69, 9.17) is 4.98 Å². The summed E-state index contributed by atoms with van der Waals surface area (Å²) in [5, 5.41) is 5.96. The lowest BCUT2D eigenvalue weighted by atomic mass is 10.1. The number of nitrogens with zero attached hydrogens (tertiary/aromatic N) is 2. The van der Waals surface area contributed by atoms with Crippen LogP contribution in [0.1, 0.15) is 55.9 Å². The van der Waals surface area contributed by atoms with Crippen molar-refractivity contribution < 1.29 is 9.59 Å². The summed E-state index contributed by atoms with van der Waals surface area (Å²) in [5.74, 6) is 0.404. The molecule has 0 aliphatic heterocycles. The van der Waals surface area contributed by atoms with Gasteiger partial charge in [-0.25, -0.2) is 4.98 Å². The molecule has 2 N–H and O–H groups in total. The fourth-order valence-electron chi connectivity index (χ4n) is 3.28. The van der Waals surface area contributed by atoms with Crippen LogP contribution in [0.2, 0.25) is 0 Å². The number of fused-ring (bicyclic) bond motifs is 1. The normalized spacial score (nSPS) is 12.2. The van der Waals surface area contributed by atoms with E-state index in [1.54, 1.807) is 6.07 Å². The number of carbonyl (C=O) groups is 2. The van der Waals surface area contributed by atoms with Gasteiger partial charge in [0, 0.05) is 24.2 Å². The standard InChI is InChI=1S/C24H30N4O2/c1-6-16(4)25-24(30)20-12-19(27-23(29)15(2)3)13-21-22(20)28(17(5)26-21)14-18-10-8-7-9-11-18/h7-13,15-16H,6,14H2,1-5H3,(H,25,30)(H,27,29). The first-order valence-corrected chi connectivity index (χ1v) is 10.5. The molecule has 0 spiro atoms. The third-order valence-corrected chi connectivity index (χ3v) is 5.24. The first-order chi connectivity index (χ1) is 14.3. The van der Waals surface area contributed by atoms with Crippen LogP contribution in [0.25, 0.3) is 11.0 Å². The third kappa shape index (κ3) is 4.70. The van der Waals surface area contributed by atoms with Crippen molar-refractivity contribution >= 4 is 28.5 Å². The molecule has 2 aromatic carbocycles. The number of nitrogens with one attached hydrogen (secondary N) is 2. The predicted octanol–water partition coefficient (Wildman–Crippen LogP) is 4.52. The van der Waals surface area contributed by atoms with Gasteiger partial charge in [-0.3, -0.25) is 9.59 Å². The molecule has 6 nitrogen and oxygen atoms in total. The zero-order valence-electron chi connectivity index (χ0n) is 18.3. The van der Waals surface area contributed by atoms with E-state index in [0.717, 1.165) is 23.3 Å². The monoisotopic (exact) mass is 406 g/mol. The molecule has 3 aromatic rings. The van der Waals surface area contributed by atoms with Crippen molar-refractivity contribution in [3.63, 3.8) is 0 Å². The van der Waals surface area contributed by atoms with E-state index in [9.17, 15) is 9.59 Å². The van der Waals surface area contributed by atoms with E-state index in [0.29, 0.717) is 23.3 Å². The Morgan fingerprint density at radius 1 is 1.10 bits per heavy atom. The van der Waals surface area contributed by atoms with Gasteiger partial charge in [0.2, 0.25) is 5.91 Å². The SMILES string of the molecule is CCC(C)NC(=O)c1cc(NC(=O)C(C)C)cc2nc(C)n(Cc3ccccc3)c12. The van der Waals surface area contributed by atoms with Crippen LogP contribution in [0.15, 0.2) is 42.5 Å². The molecule has 1 atom stereocenters. The van der Waals surface area contributed by atoms with Crippen molar-refractivity contribution in [2.24, 2.45) is 5.92 Å². The van der Waals surface area contributed by atoms with Gasteiger partial charge in [-0.05, 0) is 38.0 Å². The molecular weight excluding hydrogens is 376 g/mol. The highest BCUT2D eigenvalue weighted by Crippen LogP contribution is 2.27. The number of amides is 2. The maximum Gasteiger partial charge on any atom is 0.253 e. The second-order valence-electron chi connectivity index (χ2n) is 8.05. The summed E-state index contributed by atoms with van der Waals surface area (Å²) < 4.78 is 2.06. The molecule has 0 radical (unpaired) electrons. The van der Waals surface area contributed by atoms with Crippen LogP contribution in [-0.4, -0.2) is 27.4 Å². The Morgan fingerprint density at radius 2 is 1.80 bits per heavy atom. The van der Waals surface area contributed by atoms with Crippen LogP contribution >= 0.6 is 0 Å². The highest BCUT2D eigenvalue weighted by Gasteiger charge is 2.20. The summed E-state index contributed by atoms with van der Waals surface area (Å²) >= 11 is 0. The number of imidazole rings is 1. The molecule has 0 bridgehead atoms. The van der Waals surface area contributed by atoms with Gasteiger partial charge in [0.05, 0.1) is 16.6 Å². The molecule has 0 saturated carbocycles. The average Bonchev–Trinajstić information content (AvgIpc) is 3.02. The fraction of sp³-hybridized carbons (Fsp3) is 0.375. The van der Waals surface area contributed by atoms with Crippen LogP contribution in [0.5, 0.6) is 0 Å². The van der Waals surface area contributed by atoms with Crippen LogP contribution in [0.3, 0.4) is 0 Å².